The Morgan fingerprint density at radius 1 is 1.42 bits per heavy atom. The van der Waals surface area contributed by atoms with Crippen molar-refractivity contribution in [2.24, 2.45) is 5.92 Å². The maximum absolute atomic E-state index is 9.20. The van der Waals surface area contributed by atoms with E-state index in [2.05, 4.69) is 20.4 Å². The molecule has 0 spiro atoms. The lowest BCUT2D eigenvalue weighted by atomic mass is 9.97. The molecule has 0 aliphatic carbocycles. The van der Waals surface area contributed by atoms with Gasteiger partial charge in [-0.25, -0.2) is 0 Å². The van der Waals surface area contributed by atoms with Crippen molar-refractivity contribution in [2.75, 3.05) is 0 Å². The van der Waals surface area contributed by atoms with Gasteiger partial charge in [0.1, 0.15) is 5.75 Å². The number of hydrogen-bond acceptors (Lipinski definition) is 1. The molecule has 12 heavy (non-hydrogen) atoms. The van der Waals surface area contributed by atoms with Crippen LogP contribution in [0.3, 0.4) is 0 Å². The van der Waals surface area contributed by atoms with E-state index < -0.39 is 0 Å². The molecular weight excluding hydrogens is 148 g/mol. The molecule has 0 heterocycles. The fourth-order valence-corrected chi connectivity index (χ4v) is 1.04. The third kappa shape index (κ3) is 1.88. The number of phenolic OH excluding ortho intramolecular Hbond substituents is 1. The number of allylic oxidation sites excluding steroid dienone is 1. The summed E-state index contributed by atoms with van der Waals surface area (Å²) in [6, 6.07) is 7.19. The molecule has 0 aliphatic rings. The summed E-state index contributed by atoms with van der Waals surface area (Å²) in [5.41, 5.74) is 2.08. The predicted octanol–water partition coefficient (Wildman–Crippen LogP) is 3.06. The van der Waals surface area contributed by atoms with Crippen molar-refractivity contribution in [1.82, 2.24) is 0 Å². The maximum Gasteiger partial charge on any atom is 0.116 e. The minimum atomic E-state index is 0.300. The molecule has 1 nitrogen and oxygen atoms in total. The second kappa shape index (κ2) is 3.44. The van der Waals surface area contributed by atoms with Crippen LogP contribution in [-0.2, 0) is 0 Å². The number of aromatic hydroxyl groups is 1. The van der Waals surface area contributed by atoms with Gasteiger partial charge in [0.05, 0.1) is 0 Å². The standard InChI is InChI=1S/C11H14O/c1-8(2)9(3)10-5-4-6-11(12)7-10/h4-8,12H,3H2,1-2H3. The van der Waals surface area contributed by atoms with E-state index in [0.717, 1.165) is 11.1 Å². The van der Waals surface area contributed by atoms with Crippen molar-refractivity contribution in [2.45, 2.75) is 13.8 Å². The van der Waals surface area contributed by atoms with Gasteiger partial charge in [-0.2, -0.15) is 0 Å². The van der Waals surface area contributed by atoms with Crippen LogP contribution in [0.1, 0.15) is 19.4 Å². The van der Waals surface area contributed by atoms with Crippen molar-refractivity contribution in [3.63, 3.8) is 0 Å². The minimum Gasteiger partial charge on any atom is -0.508 e. The summed E-state index contributed by atoms with van der Waals surface area (Å²) in [5.74, 6) is 0.723. The first kappa shape index (κ1) is 8.85. The van der Waals surface area contributed by atoms with Gasteiger partial charge < -0.3 is 5.11 Å². The lowest BCUT2D eigenvalue weighted by Gasteiger charge is -2.09. The van der Waals surface area contributed by atoms with Gasteiger partial charge in [-0.05, 0) is 29.2 Å². The Labute approximate surface area is 73.4 Å². The Morgan fingerprint density at radius 2 is 2.08 bits per heavy atom. The monoisotopic (exact) mass is 162 g/mol. The second-order valence-electron chi connectivity index (χ2n) is 3.23. The van der Waals surface area contributed by atoms with Gasteiger partial charge in [-0.15, -0.1) is 0 Å². The fraction of sp³-hybridized carbons (Fsp3) is 0.273. The summed E-state index contributed by atoms with van der Waals surface area (Å²) < 4.78 is 0. The fourth-order valence-electron chi connectivity index (χ4n) is 1.04. The third-order valence-corrected chi connectivity index (χ3v) is 1.91. The summed E-state index contributed by atoms with van der Waals surface area (Å²) >= 11 is 0. The molecule has 0 amide bonds. The van der Waals surface area contributed by atoms with E-state index >= 15 is 0 Å². The predicted molar refractivity (Wildman–Crippen MR) is 52.0 cm³/mol. The maximum atomic E-state index is 9.20. The Hall–Kier alpha value is -1.24. The molecule has 1 heteroatoms. The third-order valence-electron chi connectivity index (χ3n) is 1.91. The molecule has 1 rings (SSSR count). The molecule has 1 N–H and O–H groups in total. The van der Waals surface area contributed by atoms with Crippen LogP contribution in [0.4, 0.5) is 0 Å². The molecular formula is C11H14O. The molecule has 0 unspecified atom stereocenters. The zero-order valence-electron chi connectivity index (χ0n) is 7.54. The van der Waals surface area contributed by atoms with Gasteiger partial charge in [-0.3, -0.25) is 0 Å². The first-order valence-corrected chi connectivity index (χ1v) is 4.09. The molecule has 0 fully saturated rings. The lowest BCUT2D eigenvalue weighted by molar-refractivity contribution is 0.475. The van der Waals surface area contributed by atoms with E-state index in [4.69, 9.17) is 0 Å². The summed E-state index contributed by atoms with van der Waals surface area (Å²) in [7, 11) is 0. The van der Waals surface area contributed by atoms with Gasteiger partial charge in [-0.1, -0.05) is 32.6 Å². The highest BCUT2D eigenvalue weighted by Crippen LogP contribution is 2.23. The quantitative estimate of drug-likeness (QED) is 0.708. The Balaban J connectivity index is 2.96. The molecule has 1 aromatic carbocycles. The average Bonchev–Trinajstić information content (AvgIpc) is 2.03. The lowest BCUT2D eigenvalue weighted by Crippen LogP contribution is -1.90. The minimum absolute atomic E-state index is 0.300. The van der Waals surface area contributed by atoms with E-state index in [-0.39, 0.29) is 0 Å². The van der Waals surface area contributed by atoms with Crippen LogP contribution in [0, 0.1) is 5.92 Å². The first-order valence-electron chi connectivity index (χ1n) is 4.09. The molecule has 0 saturated heterocycles. The number of phenols is 1. The van der Waals surface area contributed by atoms with Crippen LogP contribution in [0.15, 0.2) is 30.8 Å². The Bertz CT molecular complexity index is 287. The average molecular weight is 162 g/mol. The van der Waals surface area contributed by atoms with Crippen molar-refractivity contribution >= 4 is 5.57 Å². The highest BCUT2D eigenvalue weighted by Gasteiger charge is 2.03. The second-order valence-corrected chi connectivity index (χ2v) is 3.23. The van der Waals surface area contributed by atoms with Crippen molar-refractivity contribution in [1.29, 1.82) is 0 Å². The van der Waals surface area contributed by atoms with Gasteiger partial charge in [0, 0.05) is 0 Å². The highest BCUT2D eigenvalue weighted by atomic mass is 16.3. The van der Waals surface area contributed by atoms with Gasteiger partial charge in [0.25, 0.3) is 0 Å². The van der Waals surface area contributed by atoms with Crippen LogP contribution in [0.25, 0.3) is 5.57 Å². The summed E-state index contributed by atoms with van der Waals surface area (Å²) in [6.45, 7) is 8.13. The summed E-state index contributed by atoms with van der Waals surface area (Å²) in [5, 5.41) is 9.20. The number of rotatable bonds is 2. The van der Waals surface area contributed by atoms with Gasteiger partial charge >= 0.3 is 0 Å². The largest absolute Gasteiger partial charge is 0.508 e. The molecule has 0 aromatic heterocycles. The van der Waals surface area contributed by atoms with Crippen molar-refractivity contribution in [3.8, 4) is 5.75 Å². The Morgan fingerprint density at radius 3 is 2.58 bits per heavy atom. The van der Waals surface area contributed by atoms with Crippen LogP contribution < -0.4 is 0 Å². The molecule has 0 saturated carbocycles. The van der Waals surface area contributed by atoms with Crippen LogP contribution in [0.5, 0.6) is 5.75 Å². The summed E-state index contributed by atoms with van der Waals surface area (Å²) in [6.07, 6.45) is 0. The van der Waals surface area contributed by atoms with Crippen LogP contribution in [-0.4, -0.2) is 5.11 Å². The SMILES string of the molecule is C=C(c1cccc(O)c1)C(C)C. The smallest absolute Gasteiger partial charge is 0.116 e. The van der Waals surface area contributed by atoms with E-state index in [1.165, 1.54) is 0 Å². The molecule has 0 atom stereocenters. The van der Waals surface area contributed by atoms with E-state index in [0.29, 0.717) is 11.7 Å². The molecule has 64 valence electrons. The molecule has 0 aliphatic heterocycles. The van der Waals surface area contributed by atoms with Crippen LogP contribution >= 0.6 is 0 Å². The zero-order valence-corrected chi connectivity index (χ0v) is 7.54. The highest BCUT2D eigenvalue weighted by molar-refractivity contribution is 5.65. The van der Waals surface area contributed by atoms with Gasteiger partial charge in [0.2, 0.25) is 0 Å². The Kier molecular flexibility index (Phi) is 2.54. The molecule has 1 aromatic rings. The van der Waals surface area contributed by atoms with E-state index in [1.54, 1.807) is 12.1 Å². The van der Waals surface area contributed by atoms with Gasteiger partial charge in [0.15, 0.2) is 0 Å². The number of hydrogen-bond donors (Lipinski definition) is 1. The van der Waals surface area contributed by atoms with Crippen molar-refractivity contribution in [3.05, 3.63) is 36.4 Å². The zero-order chi connectivity index (χ0) is 9.14. The van der Waals surface area contributed by atoms with Crippen molar-refractivity contribution < 1.29 is 5.11 Å². The normalized spacial score (nSPS) is 10.2. The van der Waals surface area contributed by atoms with E-state index in [9.17, 15) is 5.11 Å². The summed E-state index contributed by atoms with van der Waals surface area (Å²) in [4.78, 5) is 0. The topological polar surface area (TPSA) is 20.2 Å². The first-order chi connectivity index (χ1) is 5.61. The number of benzene rings is 1. The van der Waals surface area contributed by atoms with E-state index in [1.807, 2.05) is 12.1 Å². The van der Waals surface area contributed by atoms with Crippen LogP contribution in [0.2, 0.25) is 0 Å². The molecule has 0 bridgehead atoms. The molecule has 0 radical (unpaired) electrons.